The van der Waals surface area contributed by atoms with Gasteiger partial charge in [-0.1, -0.05) is 12.1 Å². The van der Waals surface area contributed by atoms with Gasteiger partial charge in [-0.3, -0.25) is 14.5 Å². The van der Waals surface area contributed by atoms with Gasteiger partial charge in [0.1, 0.15) is 0 Å². The number of para-hydroxylation sites is 1. The molecule has 1 fully saturated rings. The molecule has 0 aliphatic carbocycles. The first-order chi connectivity index (χ1) is 10.5. The van der Waals surface area contributed by atoms with Crippen molar-refractivity contribution >= 4 is 17.4 Å². The molecule has 1 amide bonds. The lowest BCUT2D eigenvalue weighted by molar-refractivity contribution is -0.121. The molecular formula is C17H24N2O3. The summed E-state index contributed by atoms with van der Waals surface area (Å²) < 4.78 is 0. The number of amides is 1. The molecule has 0 bridgehead atoms. The highest BCUT2D eigenvalue weighted by atomic mass is 16.3. The fourth-order valence-corrected chi connectivity index (χ4v) is 2.82. The normalized spacial score (nSPS) is 18.0. The first-order valence-corrected chi connectivity index (χ1v) is 7.78. The second-order valence-corrected chi connectivity index (χ2v) is 5.93. The van der Waals surface area contributed by atoms with Crippen LogP contribution < -0.4 is 5.32 Å². The van der Waals surface area contributed by atoms with Crippen molar-refractivity contribution in [2.45, 2.75) is 32.7 Å². The number of hydrogen-bond donors (Lipinski definition) is 2. The Morgan fingerprint density at radius 1 is 1.32 bits per heavy atom. The van der Waals surface area contributed by atoms with Gasteiger partial charge in [-0.2, -0.15) is 0 Å². The molecule has 1 atom stereocenters. The monoisotopic (exact) mass is 304 g/mol. The van der Waals surface area contributed by atoms with E-state index in [1.807, 2.05) is 6.92 Å². The minimum absolute atomic E-state index is 0.0627. The average Bonchev–Trinajstić information content (AvgIpc) is 2.54. The van der Waals surface area contributed by atoms with Gasteiger partial charge in [0.15, 0.2) is 5.78 Å². The van der Waals surface area contributed by atoms with Gasteiger partial charge in [0.2, 0.25) is 5.91 Å². The molecule has 1 heterocycles. The topological polar surface area (TPSA) is 69.6 Å². The second-order valence-electron chi connectivity index (χ2n) is 5.93. The van der Waals surface area contributed by atoms with Crippen molar-refractivity contribution in [2.24, 2.45) is 5.92 Å². The molecule has 1 aliphatic rings. The van der Waals surface area contributed by atoms with Crippen molar-refractivity contribution in [3.63, 3.8) is 0 Å². The Morgan fingerprint density at radius 2 is 1.95 bits per heavy atom. The number of carbonyl (C=O) groups is 2. The van der Waals surface area contributed by atoms with Crippen LogP contribution in [0.4, 0.5) is 5.69 Å². The number of carbonyl (C=O) groups excluding carboxylic acids is 2. The molecule has 5 heteroatoms. The lowest BCUT2D eigenvalue weighted by Crippen LogP contribution is -2.46. The number of likely N-dealkylation sites (tertiary alicyclic amines) is 1. The zero-order valence-corrected chi connectivity index (χ0v) is 13.2. The molecule has 1 aromatic carbocycles. The van der Waals surface area contributed by atoms with E-state index in [1.54, 1.807) is 24.3 Å². The third-order valence-electron chi connectivity index (χ3n) is 4.40. The van der Waals surface area contributed by atoms with E-state index in [4.69, 9.17) is 0 Å². The van der Waals surface area contributed by atoms with Crippen molar-refractivity contribution in [3.05, 3.63) is 29.8 Å². The highest BCUT2D eigenvalue weighted by molar-refractivity contribution is 6.04. The van der Waals surface area contributed by atoms with Crippen LogP contribution in [-0.2, 0) is 4.79 Å². The molecule has 0 aromatic heterocycles. The predicted molar refractivity (Wildman–Crippen MR) is 85.9 cm³/mol. The summed E-state index contributed by atoms with van der Waals surface area (Å²) in [4.78, 5) is 26.2. The molecule has 1 aromatic rings. The molecule has 120 valence electrons. The SMILES string of the molecule is CC(=O)c1ccccc1NC(=O)C(C)N1CCC(CO)CC1. The average molecular weight is 304 g/mol. The largest absolute Gasteiger partial charge is 0.396 e. The summed E-state index contributed by atoms with van der Waals surface area (Å²) in [5.74, 6) is 0.188. The fourth-order valence-electron chi connectivity index (χ4n) is 2.82. The van der Waals surface area contributed by atoms with Crippen LogP contribution in [0.15, 0.2) is 24.3 Å². The van der Waals surface area contributed by atoms with Crippen LogP contribution in [0, 0.1) is 5.92 Å². The van der Waals surface area contributed by atoms with E-state index in [-0.39, 0.29) is 24.3 Å². The predicted octanol–water partition coefficient (Wildman–Crippen LogP) is 1.92. The van der Waals surface area contributed by atoms with Gasteiger partial charge in [-0.05, 0) is 57.8 Å². The summed E-state index contributed by atoms with van der Waals surface area (Å²) in [5, 5.41) is 12.0. The van der Waals surface area contributed by atoms with Crippen LogP contribution in [0.25, 0.3) is 0 Å². The molecule has 1 aliphatic heterocycles. The second kappa shape index (κ2) is 7.51. The molecule has 2 rings (SSSR count). The minimum atomic E-state index is -0.250. The number of nitrogens with one attached hydrogen (secondary N) is 1. The Hall–Kier alpha value is -1.72. The van der Waals surface area contributed by atoms with Gasteiger partial charge in [0, 0.05) is 12.2 Å². The number of hydrogen-bond acceptors (Lipinski definition) is 4. The number of rotatable bonds is 5. The van der Waals surface area contributed by atoms with Gasteiger partial charge in [0.25, 0.3) is 0 Å². The van der Waals surface area contributed by atoms with Gasteiger partial charge in [-0.25, -0.2) is 0 Å². The molecule has 1 unspecified atom stereocenters. The van der Waals surface area contributed by atoms with Crippen LogP contribution in [0.1, 0.15) is 37.0 Å². The third-order valence-corrected chi connectivity index (χ3v) is 4.40. The number of piperidine rings is 1. The molecule has 0 radical (unpaired) electrons. The summed E-state index contributed by atoms with van der Waals surface area (Å²) in [7, 11) is 0. The van der Waals surface area contributed by atoms with E-state index in [9.17, 15) is 14.7 Å². The zero-order valence-electron chi connectivity index (χ0n) is 13.2. The lowest BCUT2D eigenvalue weighted by atomic mass is 9.97. The molecule has 22 heavy (non-hydrogen) atoms. The Morgan fingerprint density at radius 3 is 2.55 bits per heavy atom. The summed E-state index contributed by atoms with van der Waals surface area (Å²) in [6.45, 7) is 5.22. The van der Waals surface area contributed by atoms with E-state index < -0.39 is 0 Å². The van der Waals surface area contributed by atoms with Crippen molar-refractivity contribution in [1.82, 2.24) is 4.90 Å². The standard InChI is InChI=1S/C17H24N2O3/c1-12(19-9-7-14(11-20)8-10-19)17(22)18-16-6-4-3-5-15(16)13(2)21/h3-6,12,14,20H,7-11H2,1-2H3,(H,18,22). The Kier molecular flexibility index (Phi) is 5.69. The van der Waals surface area contributed by atoms with Gasteiger partial charge in [0.05, 0.1) is 11.7 Å². The van der Waals surface area contributed by atoms with Crippen LogP contribution >= 0.6 is 0 Å². The number of aliphatic hydroxyl groups is 1. The summed E-state index contributed by atoms with van der Waals surface area (Å²) in [5.41, 5.74) is 1.10. The van der Waals surface area contributed by atoms with Crippen molar-refractivity contribution < 1.29 is 14.7 Å². The summed E-state index contributed by atoms with van der Waals surface area (Å²) in [6.07, 6.45) is 1.83. The van der Waals surface area contributed by atoms with E-state index in [0.29, 0.717) is 17.2 Å². The van der Waals surface area contributed by atoms with E-state index >= 15 is 0 Å². The van der Waals surface area contributed by atoms with Crippen molar-refractivity contribution in [3.8, 4) is 0 Å². The number of anilines is 1. The molecule has 0 saturated carbocycles. The number of Topliss-reactive ketones (excluding diaryl/α,β-unsaturated/α-hetero) is 1. The van der Waals surface area contributed by atoms with Crippen LogP contribution in [-0.4, -0.2) is 47.4 Å². The van der Waals surface area contributed by atoms with E-state index in [2.05, 4.69) is 10.2 Å². The highest BCUT2D eigenvalue weighted by Crippen LogP contribution is 2.20. The molecule has 5 nitrogen and oxygen atoms in total. The summed E-state index contributed by atoms with van der Waals surface area (Å²) >= 11 is 0. The number of aliphatic hydroxyl groups excluding tert-OH is 1. The van der Waals surface area contributed by atoms with Crippen molar-refractivity contribution in [1.29, 1.82) is 0 Å². The maximum Gasteiger partial charge on any atom is 0.241 e. The highest BCUT2D eigenvalue weighted by Gasteiger charge is 2.26. The van der Waals surface area contributed by atoms with E-state index in [0.717, 1.165) is 25.9 Å². The van der Waals surface area contributed by atoms with Crippen LogP contribution in [0.2, 0.25) is 0 Å². The first kappa shape index (κ1) is 16.6. The maximum atomic E-state index is 12.4. The van der Waals surface area contributed by atoms with Crippen LogP contribution in [0.3, 0.4) is 0 Å². The molecule has 2 N–H and O–H groups in total. The van der Waals surface area contributed by atoms with Crippen molar-refractivity contribution in [2.75, 3.05) is 25.0 Å². The third kappa shape index (κ3) is 3.93. The molecular weight excluding hydrogens is 280 g/mol. The fraction of sp³-hybridized carbons (Fsp3) is 0.529. The number of nitrogens with zero attached hydrogens (tertiary/aromatic N) is 1. The zero-order chi connectivity index (χ0) is 16.1. The van der Waals surface area contributed by atoms with E-state index in [1.165, 1.54) is 6.92 Å². The Balaban J connectivity index is 1.99. The maximum absolute atomic E-state index is 12.4. The Bertz CT molecular complexity index is 536. The Labute approximate surface area is 131 Å². The summed E-state index contributed by atoms with van der Waals surface area (Å²) in [6, 6.07) is 6.81. The number of benzene rings is 1. The molecule has 1 saturated heterocycles. The van der Waals surface area contributed by atoms with Gasteiger partial charge in [-0.15, -0.1) is 0 Å². The van der Waals surface area contributed by atoms with Crippen LogP contribution in [0.5, 0.6) is 0 Å². The number of ketones is 1. The lowest BCUT2D eigenvalue weighted by Gasteiger charge is -2.34. The minimum Gasteiger partial charge on any atom is -0.396 e. The molecule has 0 spiro atoms. The first-order valence-electron chi connectivity index (χ1n) is 7.78. The quantitative estimate of drug-likeness (QED) is 0.816. The van der Waals surface area contributed by atoms with Gasteiger partial charge < -0.3 is 10.4 Å². The van der Waals surface area contributed by atoms with Gasteiger partial charge >= 0.3 is 0 Å². The smallest absolute Gasteiger partial charge is 0.241 e.